The van der Waals surface area contributed by atoms with Crippen LogP contribution in [-0.4, -0.2) is 10.7 Å². The van der Waals surface area contributed by atoms with Crippen LogP contribution in [0.25, 0.3) is 0 Å². The summed E-state index contributed by atoms with van der Waals surface area (Å²) in [5, 5.41) is 10.6. The third kappa shape index (κ3) is 1.97. The Bertz CT molecular complexity index is 426. The average molecular weight is 238 g/mol. The molecule has 0 radical (unpaired) electrons. The molecule has 2 saturated carbocycles. The van der Waals surface area contributed by atoms with Gasteiger partial charge in [-0.05, 0) is 55.2 Å². The highest BCUT2D eigenvalue weighted by molar-refractivity contribution is 5.21. The van der Waals surface area contributed by atoms with Gasteiger partial charge in [0, 0.05) is 12.5 Å². The van der Waals surface area contributed by atoms with E-state index in [9.17, 15) is 13.9 Å². The van der Waals surface area contributed by atoms with Crippen LogP contribution in [0.2, 0.25) is 0 Å². The lowest BCUT2D eigenvalue weighted by Gasteiger charge is -2.32. The van der Waals surface area contributed by atoms with E-state index in [4.69, 9.17) is 0 Å². The Hall–Kier alpha value is -0.960. The monoisotopic (exact) mass is 238 g/mol. The SMILES string of the molecule is OC1(Cc2cc(F)cc(F)c2)CC2CCC1C2. The molecule has 1 aromatic rings. The number of halogens is 2. The molecule has 3 rings (SSSR count). The molecule has 1 aromatic carbocycles. The molecule has 0 spiro atoms. The van der Waals surface area contributed by atoms with Gasteiger partial charge in [-0.15, -0.1) is 0 Å². The first-order valence-corrected chi connectivity index (χ1v) is 6.22. The van der Waals surface area contributed by atoms with Gasteiger partial charge in [0.1, 0.15) is 11.6 Å². The topological polar surface area (TPSA) is 20.2 Å². The summed E-state index contributed by atoms with van der Waals surface area (Å²) in [6.45, 7) is 0. The molecule has 0 aliphatic heterocycles. The predicted molar refractivity (Wildman–Crippen MR) is 60.5 cm³/mol. The molecule has 0 aromatic heterocycles. The number of hydrogen-bond donors (Lipinski definition) is 1. The molecule has 2 bridgehead atoms. The fourth-order valence-electron chi connectivity index (χ4n) is 3.70. The summed E-state index contributed by atoms with van der Waals surface area (Å²) in [4.78, 5) is 0. The van der Waals surface area contributed by atoms with Crippen LogP contribution in [0.1, 0.15) is 31.2 Å². The van der Waals surface area contributed by atoms with Crippen LogP contribution < -0.4 is 0 Å². The quantitative estimate of drug-likeness (QED) is 0.839. The van der Waals surface area contributed by atoms with Crippen LogP contribution >= 0.6 is 0 Å². The Morgan fingerprint density at radius 1 is 1.18 bits per heavy atom. The van der Waals surface area contributed by atoms with Crippen molar-refractivity contribution in [3.8, 4) is 0 Å². The van der Waals surface area contributed by atoms with E-state index in [1.165, 1.54) is 18.6 Å². The Balaban J connectivity index is 1.82. The van der Waals surface area contributed by atoms with Crippen LogP contribution in [-0.2, 0) is 6.42 Å². The van der Waals surface area contributed by atoms with Crippen molar-refractivity contribution in [2.75, 3.05) is 0 Å². The maximum Gasteiger partial charge on any atom is 0.126 e. The van der Waals surface area contributed by atoms with Gasteiger partial charge in [0.15, 0.2) is 0 Å². The van der Waals surface area contributed by atoms with Gasteiger partial charge in [0.2, 0.25) is 0 Å². The Kier molecular flexibility index (Phi) is 2.47. The average Bonchev–Trinajstić information content (AvgIpc) is 2.74. The van der Waals surface area contributed by atoms with Crippen molar-refractivity contribution in [2.45, 2.75) is 37.7 Å². The largest absolute Gasteiger partial charge is 0.389 e. The molecule has 1 N–H and O–H groups in total. The van der Waals surface area contributed by atoms with Gasteiger partial charge >= 0.3 is 0 Å². The van der Waals surface area contributed by atoms with Crippen LogP contribution in [0.15, 0.2) is 18.2 Å². The van der Waals surface area contributed by atoms with E-state index in [0.717, 1.165) is 25.3 Å². The van der Waals surface area contributed by atoms with Crippen molar-refractivity contribution in [3.63, 3.8) is 0 Å². The van der Waals surface area contributed by atoms with Crippen LogP contribution in [0.3, 0.4) is 0 Å². The zero-order valence-corrected chi connectivity index (χ0v) is 9.63. The minimum absolute atomic E-state index is 0.318. The lowest BCUT2D eigenvalue weighted by atomic mass is 9.80. The number of rotatable bonds is 2. The Morgan fingerprint density at radius 3 is 2.41 bits per heavy atom. The van der Waals surface area contributed by atoms with E-state index in [0.29, 0.717) is 23.8 Å². The minimum Gasteiger partial charge on any atom is -0.389 e. The number of fused-ring (bicyclic) bond motifs is 2. The first-order valence-electron chi connectivity index (χ1n) is 6.22. The standard InChI is InChI=1S/C14H16F2O/c15-12-4-10(5-13(16)6-12)8-14(17)7-9-1-2-11(14)3-9/h4-6,9,11,17H,1-3,7-8H2. The highest BCUT2D eigenvalue weighted by Crippen LogP contribution is 2.51. The zero-order valence-electron chi connectivity index (χ0n) is 9.63. The van der Waals surface area contributed by atoms with Gasteiger partial charge in [-0.1, -0.05) is 0 Å². The lowest BCUT2D eigenvalue weighted by molar-refractivity contribution is -0.0125. The second-order valence-electron chi connectivity index (χ2n) is 5.64. The van der Waals surface area contributed by atoms with Gasteiger partial charge in [0.05, 0.1) is 5.60 Å². The molecule has 0 saturated heterocycles. The second kappa shape index (κ2) is 3.77. The van der Waals surface area contributed by atoms with Crippen molar-refractivity contribution in [3.05, 3.63) is 35.4 Å². The summed E-state index contributed by atoms with van der Waals surface area (Å²) in [6, 6.07) is 3.52. The highest BCUT2D eigenvalue weighted by atomic mass is 19.1. The van der Waals surface area contributed by atoms with Gasteiger partial charge in [-0.3, -0.25) is 0 Å². The fraction of sp³-hybridized carbons (Fsp3) is 0.571. The van der Waals surface area contributed by atoms with Gasteiger partial charge < -0.3 is 5.11 Å². The third-order valence-corrected chi connectivity index (χ3v) is 4.38. The molecule has 0 heterocycles. The lowest BCUT2D eigenvalue weighted by Crippen LogP contribution is -2.37. The molecule has 2 aliphatic carbocycles. The van der Waals surface area contributed by atoms with E-state index in [1.54, 1.807) is 0 Å². The van der Waals surface area contributed by atoms with Crippen molar-refractivity contribution in [1.82, 2.24) is 0 Å². The number of hydrogen-bond acceptors (Lipinski definition) is 1. The van der Waals surface area contributed by atoms with Gasteiger partial charge in [-0.2, -0.15) is 0 Å². The first-order chi connectivity index (χ1) is 8.05. The van der Waals surface area contributed by atoms with Crippen molar-refractivity contribution >= 4 is 0 Å². The molecule has 2 aliphatic rings. The molecule has 3 unspecified atom stereocenters. The van der Waals surface area contributed by atoms with E-state index in [1.807, 2.05) is 0 Å². The number of benzene rings is 1. The van der Waals surface area contributed by atoms with Crippen molar-refractivity contribution in [2.24, 2.45) is 11.8 Å². The summed E-state index contributed by atoms with van der Waals surface area (Å²) < 4.78 is 26.2. The maximum atomic E-state index is 13.1. The van der Waals surface area contributed by atoms with Crippen molar-refractivity contribution in [1.29, 1.82) is 0 Å². The summed E-state index contributed by atoms with van der Waals surface area (Å²) in [5.74, 6) is -0.194. The van der Waals surface area contributed by atoms with E-state index < -0.39 is 17.2 Å². The molecule has 3 heteroatoms. The zero-order chi connectivity index (χ0) is 12.0. The van der Waals surface area contributed by atoms with Crippen LogP contribution in [0.4, 0.5) is 8.78 Å². The minimum atomic E-state index is -0.733. The summed E-state index contributed by atoms with van der Waals surface area (Å²) >= 11 is 0. The summed E-state index contributed by atoms with van der Waals surface area (Å²) in [5.41, 5.74) is -0.166. The molecule has 3 atom stereocenters. The normalized spacial score (nSPS) is 35.5. The smallest absolute Gasteiger partial charge is 0.126 e. The van der Waals surface area contributed by atoms with Gasteiger partial charge in [0.25, 0.3) is 0 Å². The van der Waals surface area contributed by atoms with Crippen LogP contribution in [0, 0.1) is 23.5 Å². The summed E-state index contributed by atoms with van der Waals surface area (Å²) in [7, 11) is 0. The molecule has 0 amide bonds. The predicted octanol–water partition coefficient (Wildman–Crippen LogP) is 3.06. The number of aliphatic hydroxyl groups is 1. The summed E-state index contributed by atoms with van der Waals surface area (Å²) in [6.07, 6.45) is 4.50. The van der Waals surface area contributed by atoms with E-state index in [2.05, 4.69) is 0 Å². The second-order valence-corrected chi connectivity index (χ2v) is 5.64. The molecular weight excluding hydrogens is 222 g/mol. The molecule has 92 valence electrons. The third-order valence-electron chi connectivity index (χ3n) is 4.38. The van der Waals surface area contributed by atoms with Crippen LogP contribution in [0.5, 0.6) is 0 Å². The Morgan fingerprint density at radius 2 is 1.88 bits per heavy atom. The maximum absolute atomic E-state index is 13.1. The van der Waals surface area contributed by atoms with Crippen molar-refractivity contribution < 1.29 is 13.9 Å². The molecule has 1 nitrogen and oxygen atoms in total. The molecular formula is C14H16F2O. The van der Waals surface area contributed by atoms with Gasteiger partial charge in [-0.25, -0.2) is 8.78 Å². The molecule has 2 fully saturated rings. The van der Waals surface area contributed by atoms with E-state index >= 15 is 0 Å². The Labute approximate surface area is 99.5 Å². The first kappa shape index (κ1) is 11.1. The molecule has 17 heavy (non-hydrogen) atoms. The fourth-order valence-corrected chi connectivity index (χ4v) is 3.70. The van der Waals surface area contributed by atoms with E-state index in [-0.39, 0.29) is 0 Å². The highest BCUT2D eigenvalue weighted by Gasteiger charge is 2.49.